The third kappa shape index (κ3) is 2.56. The Morgan fingerprint density at radius 2 is 1.90 bits per heavy atom. The first-order chi connectivity index (χ1) is 9.67. The first-order valence-corrected chi connectivity index (χ1v) is 8.06. The number of fused-ring (bicyclic) bond motifs is 1. The topological polar surface area (TPSA) is 35.2 Å². The van der Waals surface area contributed by atoms with E-state index in [2.05, 4.69) is 49.6 Å². The molecule has 20 heavy (non-hydrogen) atoms. The fourth-order valence-corrected chi connectivity index (χ4v) is 3.05. The molecular weight excluding hydrogens is 266 g/mol. The van der Waals surface area contributed by atoms with Gasteiger partial charge < -0.3 is 10.5 Å². The van der Waals surface area contributed by atoms with E-state index in [0.717, 1.165) is 17.7 Å². The lowest BCUT2D eigenvalue weighted by Crippen LogP contribution is -2.24. The van der Waals surface area contributed by atoms with Crippen LogP contribution >= 0.6 is 11.8 Å². The van der Waals surface area contributed by atoms with Crippen molar-refractivity contribution < 1.29 is 4.74 Å². The van der Waals surface area contributed by atoms with E-state index >= 15 is 0 Å². The van der Waals surface area contributed by atoms with Gasteiger partial charge in [0.15, 0.2) is 0 Å². The van der Waals surface area contributed by atoms with E-state index < -0.39 is 0 Å². The van der Waals surface area contributed by atoms with Gasteiger partial charge in [0.05, 0.1) is 0 Å². The van der Waals surface area contributed by atoms with Crippen LogP contribution in [0.4, 0.5) is 0 Å². The molecule has 1 aliphatic rings. The van der Waals surface area contributed by atoms with Gasteiger partial charge in [-0.3, -0.25) is 0 Å². The van der Waals surface area contributed by atoms with Crippen molar-refractivity contribution in [3.05, 3.63) is 59.2 Å². The van der Waals surface area contributed by atoms with Crippen LogP contribution < -0.4 is 10.5 Å². The van der Waals surface area contributed by atoms with Gasteiger partial charge >= 0.3 is 0 Å². The average Bonchev–Trinajstić information content (AvgIpc) is 2.48. The zero-order chi connectivity index (χ0) is 14.1. The Kier molecular flexibility index (Phi) is 3.72. The molecule has 2 nitrogen and oxygen atoms in total. The first kappa shape index (κ1) is 13.5. The molecule has 2 N–H and O–H groups in total. The Morgan fingerprint density at radius 3 is 2.60 bits per heavy atom. The van der Waals surface area contributed by atoms with Crippen molar-refractivity contribution in [3.63, 3.8) is 0 Å². The predicted molar refractivity (Wildman–Crippen MR) is 84.3 cm³/mol. The summed E-state index contributed by atoms with van der Waals surface area (Å²) in [5.41, 5.74) is 9.87. The molecule has 2 atom stereocenters. The Morgan fingerprint density at radius 1 is 1.15 bits per heavy atom. The van der Waals surface area contributed by atoms with Gasteiger partial charge in [0, 0.05) is 22.9 Å². The standard InChI is InChI=1S/C17H19NOS/c1-11-3-8-16-14(9-11)15(18)10-17(19-16)12-4-6-13(20-2)7-5-12/h3-9,15,17H,10,18H2,1-2H3/t15-,17?/m0/s1. The molecule has 104 valence electrons. The van der Waals surface area contributed by atoms with Crippen LogP contribution in [0.5, 0.6) is 5.75 Å². The van der Waals surface area contributed by atoms with Gasteiger partial charge in [-0.05, 0) is 36.9 Å². The SMILES string of the molecule is CSc1ccc(C2C[C@H](N)c3cc(C)ccc3O2)cc1. The number of ether oxygens (including phenoxy) is 1. The molecule has 0 bridgehead atoms. The lowest BCUT2D eigenvalue weighted by atomic mass is 9.93. The number of thioether (sulfide) groups is 1. The lowest BCUT2D eigenvalue weighted by molar-refractivity contribution is 0.161. The second-order valence-corrected chi connectivity index (χ2v) is 6.14. The largest absolute Gasteiger partial charge is 0.485 e. The molecule has 0 saturated heterocycles. The normalized spacial score (nSPS) is 21.1. The van der Waals surface area contributed by atoms with Gasteiger partial charge in [0.25, 0.3) is 0 Å². The Labute approximate surface area is 124 Å². The van der Waals surface area contributed by atoms with Gasteiger partial charge in [0.1, 0.15) is 11.9 Å². The van der Waals surface area contributed by atoms with Gasteiger partial charge in [-0.1, -0.05) is 29.8 Å². The van der Waals surface area contributed by atoms with E-state index in [1.165, 1.54) is 16.0 Å². The second-order valence-electron chi connectivity index (χ2n) is 5.26. The highest BCUT2D eigenvalue weighted by molar-refractivity contribution is 7.98. The number of rotatable bonds is 2. The van der Waals surface area contributed by atoms with E-state index in [1.807, 2.05) is 6.07 Å². The van der Waals surface area contributed by atoms with Crippen LogP contribution in [0.15, 0.2) is 47.4 Å². The zero-order valence-corrected chi connectivity index (χ0v) is 12.6. The molecule has 0 aromatic heterocycles. The maximum atomic E-state index is 6.31. The average molecular weight is 285 g/mol. The molecule has 2 aromatic rings. The molecular formula is C17H19NOS. The smallest absolute Gasteiger partial charge is 0.126 e. The highest BCUT2D eigenvalue weighted by atomic mass is 32.2. The maximum Gasteiger partial charge on any atom is 0.126 e. The van der Waals surface area contributed by atoms with Crippen molar-refractivity contribution in [2.45, 2.75) is 30.4 Å². The monoisotopic (exact) mass is 285 g/mol. The van der Waals surface area contributed by atoms with E-state index in [1.54, 1.807) is 11.8 Å². The molecule has 2 aromatic carbocycles. The predicted octanol–water partition coefficient (Wildman–Crippen LogP) is 4.24. The van der Waals surface area contributed by atoms with Crippen molar-refractivity contribution in [1.82, 2.24) is 0 Å². The Bertz CT molecular complexity index is 609. The van der Waals surface area contributed by atoms with Gasteiger partial charge in [-0.25, -0.2) is 0 Å². The van der Waals surface area contributed by atoms with E-state index in [0.29, 0.717) is 0 Å². The van der Waals surface area contributed by atoms with E-state index in [-0.39, 0.29) is 12.1 Å². The van der Waals surface area contributed by atoms with Crippen molar-refractivity contribution in [2.24, 2.45) is 5.73 Å². The molecule has 0 fully saturated rings. The number of aryl methyl sites for hydroxylation is 1. The third-order valence-corrected chi connectivity index (χ3v) is 4.53. The summed E-state index contributed by atoms with van der Waals surface area (Å²) in [6.45, 7) is 2.08. The molecule has 3 heteroatoms. The quantitative estimate of drug-likeness (QED) is 0.838. The molecule has 0 saturated carbocycles. The van der Waals surface area contributed by atoms with Crippen LogP contribution in [0.25, 0.3) is 0 Å². The molecule has 0 amide bonds. The van der Waals surface area contributed by atoms with Crippen LogP contribution in [0, 0.1) is 6.92 Å². The summed E-state index contributed by atoms with van der Waals surface area (Å²) < 4.78 is 6.13. The van der Waals surface area contributed by atoms with Crippen molar-refractivity contribution >= 4 is 11.8 Å². The Hall–Kier alpha value is -1.45. The summed E-state index contributed by atoms with van der Waals surface area (Å²) in [5, 5.41) is 0. The summed E-state index contributed by atoms with van der Waals surface area (Å²) in [6, 6.07) is 14.8. The van der Waals surface area contributed by atoms with Gasteiger partial charge in [0.2, 0.25) is 0 Å². The summed E-state index contributed by atoms with van der Waals surface area (Å²) >= 11 is 1.75. The third-order valence-electron chi connectivity index (χ3n) is 3.79. The maximum absolute atomic E-state index is 6.31. The minimum absolute atomic E-state index is 0.0453. The van der Waals surface area contributed by atoms with Crippen molar-refractivity contribution in [1.29, 1.82) is 0 Å². The van der Waals surface area contributed by atoms with Gasteiger partial charge in [-0.2, -0.15) is 0 Å². The summed E-state index contributed by atoms with van der Waals surface area (Å²) in [6.07, 6.45) is 2.96. The number of nitrogens with two attached hydrogens (primary N) is 1. The van der Waals surface area contributed by atoms with Crippen LogP contribution in [0.2, 0.25) is 0 Å². The molecule has 0 aliphatic carbocycles. The highest BCUT2D eigenvalue weighted by Gasteiger charge is 2.26. The molecule has 0 radical (unpaired) electrons. The minimum atomic E-state index is 0.0453. The first-order valence-electron chi connectivity index (χ1n) is 6.84. The van der Waals surface area contributed by atoms with E-state index in [4.69, 9.17) is 10.5 Å². The molecule has 1 aliphatic heterocycles. The van der Waals surface area contributed by atoms with Crippen LogP contribution in [-0.2, 0) is 0 Å². The summed E-state index contributed by atoms with van der Waals surface area (Å²) in [4.78, 5) is 1.27. The minimum Gasteiger partial charge on any atom is -0.485 e. The number of hydrogen-bond acceptors (Lipinski definition) is 3. The number of benzene rings is 2. The molecule has 3 rings (SSSR count). The van der Waals surface area contributed by atoms with E-state index in [9.17, 15) is 0 Å². The second kappa shape index (κ2) is 5.51. The van der Waals surface area contributed by atoms with Crippen molar-refractivity contribution in [3.8, 4) is 5.75 Å². The fourth-order valence-electron chi connectivity index (χ4n) is 2.65. The molecule has 1 heterocycles. The lowest BCUT2D eigenvalue weighted by Gasteiger charge is -2.31. The van der Waals surface area contributed by atoms with Crippen LogP contribution in [-0.4, -0.2) is 6.26 Å². The summed E-state index contributed by atoms with van der Waals surface area (Å²) in [7, 11) is 0. The number of hydrogen-bond donors (Lipinski definition) is 1. The van der Waals surface area contributed by atoms with Crippen LogP contribution in [0.1, 0.15) is 35.3 Å². The fraction of sp³-hybridized carbons (Fsp3) is 0.294. The van der Waals surface area contributed by atoms with Crippen molar-refractivity contribution in [2.75, 3.05) is 6.26 Å². The molecule has 0 spiro atoms. The Balaban J connectivity index is 1.88. The molecule has 1 unspecified atom stereocenters. The van der Waals surface area contributed by atoms with Crippen LogP contribution in [0.3, 0.4) is 0 Å². The highest BCUT2D eigenvalue weighted by Crippen LogP contribution is 2.40. The zero-order valence-electron chi connectivity index (χ0n) is 11.8. The van der Waals surface area contributed by atoms with Gasteiger partial charge in [-0.15, -0.1) is 11.8 Å². The summed E-state index contributed by atoms with van der Waals surface area (Å²) in [5.74, 6) is 0.924.